The van der Waals surface area contributed by atoms with Crippen molar-refractivity contribution >= 4 is 39.9 Å². The Morgan fingerprint density at radius 3 is 2.45 bits per heavy atom. The van der Waals surface area contributed by atoms with E-state index in [9.17, 15) is 14.9 Å². The summed E-state index contributed by atoms with van der Waals surface area (Å²) in [6.45, 7) is 1.61. The zero-order chi connectivity index (χ0) is 14.7. The van der Waals surface area contributed by atoms with E-state index >= 15 is 0 Å². The lowest BCUT2D eigenvalue weighted by molar-refractivity contribution is -0.385. The Hall–Kier alpha value is -1.96. The molecule has 0 unspecified atom stereocenters. The number of carbonyl (C=O) groups excluding carboxylic acids is 1. The first-order chi connectivity index (χ1) is 9.49. The van der Waals surface area contributed by atoms with Crippen molar-refractivity contribution in [3.05, 3.63) is 67.3 Å². The normalized spacial score (nSPS) is 10.1. The minimum Gasteiger partial charge on any atom is -0.322 e. The van der Waals surface area contributed by atoms with Crippen LogP contribution in [0.5, 0.6) is 0 Å². The van der Waals surface area contributed by atoms with E-state index < -0.39 is 10.8 Å². The number of rotatable bonds is 3. The van der Waals surface area contributed by atoms with E-state index in [1.165, 1.54) is 6.07 Å². The number of benzene rings is 2. The van der Waals surface area contributed by atoms with Gasteiger partial charge in [-0.25, -0.2) is 0 Å². The molecule has 0 aliphatic heterocycles. The Kier molecular flexibility index (Phi) is 4.33. The topological polar surface area (TPSA) is 72.2 Å². The van der Waals surface area contributed by atoms with Gasteiger partial charge in [0.25, 0.3) is 11.6 Å². The first-order valence-corrected chi connectivity index (χ1v) is 6.88. The number of nitro groups is 1. The predicted molar refractivity (Wildman–Crippen MR) is 84.9 cm³/mol. The summed E-state index contributed by atoms with van der Waals surface area (Å²) >= 11 is 2.16. The molecule has 1 amide bonds. The van der Waals surface area contributed by atoms with Crippen molar-refractivity contribution in [3.63, 3.8) is 0 Å². The van der Waals surface area contributed by atoms with E-state index in [1.807, 2.05) is 12.1 Å². The smallest absolute Gasteiger partial charge is 0.285 e. The van der Waals surface area contributed by atoms with Gasteiger partial charge in [-0.05, 0) is 59.8 Å². The monoisotopic (exact) mass is 382 g/mol. The second-order valence-corrected chi connectivity index (χ2v) is 5.43. The van der Waals surface area contributed by atoms with Gasteiger partial charge in [-0.3, -0.25) is 14.9 Å². The van der Waals surface area contributed by atoms with E-state index in [2.05, 4.69) is 27.9 Å². The van der Waals surface area contributed by atoms with Gasteiger partial charge in [0.15, 0.2) is 0 Å². The molecule has 0 bridgehead atoms. The molecule has 6 heteroatoms. The fourth-order valence-electron chi connectivity index (χ4n) is 1.82. The van der Waals surface area contributed by atoms with E-state index in [4.69, 9.17) is 0 Å². The summed E-state index contributed by atoms with van der Waals surface area (Å²) in [5, 5.41) is 13.7. The van der Waals surface area contributed by atoms with E-state index in [0.717, 1.165) is 3.57 Å². The van der Waals surface area contributed by atoms with Crippen LogP contribution in [0.1, 0.15) is 15.9 Å². The highest BCUT2D eigenvalue weighted by atomic mass is 127. The van der Waals surface area contributed by atoms with Crippen molar-refractivity contribution in [1.82, 2.24) is 0 Å². The van der Waals surface area contributed by atoms with Crippen molar-refractivity contribution in [2.45, 2.75) is 6.92 Å². The minimum absolute atomic E-state index is 0.0635. The van der Waals surface area contributed by atoms with Crippen LogP contribution in [0, 0.1) is 20.6 Å². The van der Waals surface area contributed by atoms with Crippen LogP contribution in [-0.2, 0) is 0 Å². The molecule has 0 aliphatic carbocycles. The van der Waals surface area contributed by atoms with Crippen LogP contribution in [0.2, 0.25) is 0 Å². The average molecular weight is 382 g/mol. The Balaban J connectivity index is 2.32. The molecule has 5 nitrogen and oxygen atoms in total. The first-order valence-electron chi connectivity index (χ1n) is 5.80. The lowest BCUT2D eigenvalue weighted by atomic mass is 10.1. The Labute approximate surface area is 129 Å². The maximum atomic E-state index is 12.2. The summed E-state index contributed by atoms with van der Waals surface area (Å²) in [6, 6.07) is 11.9. The fraction of sp³-hybridized carbons (Fsp3) is 0.0714. The number of nitrogens with zero attached hydrogens (tertiary/aromatic N) is 1. The lowest BCUT2D eigenvalue weighted by Crippen LogP contribution is -2.14. The molecular formula is C14H11IN2O3. The summed E-state index contributed by atoms with van der Waals surface area (Å²) in [6.07, 6.45) is 0. The number of para-hydroxylation sites is 1. The number of halogens is 1. The van der Waals surface area contributed by atoms with Crippen LogP contribution in [0.25, 0.3) is 0 Å². The van der Waals surface area contributed by atoms with Crippen molar-refractivity contribution in [1.29, 1.82) is 0 Å². The van der Waals surface area contributed by atoms with Gasteiger partial charge < -0.3 is 5.32 Å². The number of anilines is 1. The zero-order valence-electron chi connectivity index (χ0n) is 10.6. The molecule has 0 aliphatic rings. The van der Waals surface area contributed by atoms with Crippen LogP contribution in [0.15, 0.2) is 42.5 Å². The molecule has 0 spiro atoms. The Morgan fingerprint density at radius 2 is 1.85 bits per heavy atom. The number of hydrogen-bond acceptors (Lipinski definition) is 3. The lowest BCUT2D eigenvalue weighted by Gasteiger charge is -2.07. The van der Waals surface area contributed by atoms with Gasteiger partial charge in [0.05, 0.1) is 4.92 Å². The van der Waals surface area contributed by atoms with Gasteiger partial charge >= 0.3 is 0 Å². The molecular weight excluding hydrogens is 371 g/mol. The summed E-state index contributed by atoms with van der Waals surface area (Å²) < 4.78 is 1.04. The quantitative estimate of drug-likeness (QED) is 0.499. The van der Waals surface area contributed by atoms with Crippen molar-refractivity contribution < 1.29 is 9.72 Å². The molecule has 2 aromatic carbocycles. The maximum absolute atomic E-state index is 12.2. The van der Waals surface area contributed by atoms with Crippen molar-refractivity contribution in [3.8, 4) is 0 Å². The number of nitro benzene ring substituents is 1. The van der Waals surface area contributed by atoms with Gasteiger partial charge in [0.1, 0.15) is 5.56 Å². The third kappa shape index (κ3) is 3.13. The van der Waals surface area contributed by atoms with Crippen molar-refractivity contribution in [2.24, 2.45) is 0 Å². The highest BCUT2D eigenvalue weighted by molar-refractivity contribution is 14.1. The first kappa shape index (κ1) is 14.4. The summed E-state index contributed by atoms with van der Waals surface area (Å²) in [4.78, 5) is 22.7. The maximum Gasteiger partial charge on any atom is 0.285 e. The van der Waals surface area contributed by atoms with Crippen LogP contribution >= 0.6 is 22.6 Å². The third-order valence-corrected chi connectivity index (χ3v) is 3.49. The second-order valence-electron chi connectivity index (χ2n) is 4.19. The Bertz CT molecular complexity index is 669. The van der Waals surface area contributed by atoms with E-state index in [1.54, 1.807) is 31.2 Å². The van der Waals surface area contributed by atoms with E-state index in [0.29, 0.717) is 11.3 Å². The largest absolute Gasteiger partial charge is 0.322 e. The van der Waals surface area contributed by atoms with Crippen LogP contribution in [-0.4, -0.2) is 10.8 Å². The summed E-state index contributed by atoms with van der Waals surface area (Å²) in [5.74, 6) is -0.485. The molecule has 102 valence electrons. The van der Waals surface area contributed by atoms with Gasteiger partial charge in [0.2, 0.25) is 0 Å². The Morgan fingerprint density at radius 1 is 1.20 bits per heavy atom. The molecule has 0 heterocycles. The molecule has 20 heavy (non-hydrogen) atoms. The molecule has 0 atom stereocenters. The standard InChI is InChI=1S/C14H11IN2O3/c1-9-3-2-4-12(13(9)17(19)20)14(18)16-11-7-5-10(15)6-8-11/h2-8H,1H3,(H,16,18). The molecule has 0 radical (unpaired) electrons. The predicted octanol–water partition coefficient (Wildman–Crippen LogP) is 3.76. The third-order valence-electron chi connectivity index (χ3n) is 2.77. The van der Waals surface area contributed by atoms with Gasteiger partial charge in [0, 0.05) is 14.8 Å². The number of carbonyl (C=O) groups is 1. The number of aryl methyl sites for hydroxylation is 1. The molecule has 0 saturated heterocycles. The van der Waals surface area contributed by atoms with E-state index in [-0.39, 0.29) is 11.3 Å². The highest BCUT2D eigenvalue weighted by Gasteiger charge is 2.22. The molecule has 2 aromatic rings. The van der Waals surface area contributed by atoms with Crippen molar-refractivity contribution in [2.75, 3.05) is 5.32 Å². The van der Waals surface area contributed by atoms with Crippen LogP contribution < -0.4 is 5.32 Å². The highest BCUT2D eigenvalue weighted by Crippen LogP contribution is 2.24. The fourth-order valence-corrected chi connectivity index (χ4v) is 2.18. The number of hydrogen-bond donors (Lipinski definition) is 1. The van der Waals surface area contributed by atoms with Gasteiger partial charge in [-0.1, -0.05) is 12.1 Å². The van der Waals surface area contributed by atoms with Gasteiger partial charge in [-0.2, -0.15) is 0 Å². The molecule has 2 rings (SSSR count). The molecule has 0 aromatic heterocycles. The second kappa shape index (κ2) is 6.00. The minimum atomic E-state index is -0.530. The average Bonchev–Trinajstić information content (AvgIpc) is 2.40. The summed E-state index contributed by atoms with van der Waals surface area (Å²) in [5.41, 5.74) is 0.973. The van der Waals surface area contributed by atoms with Crippen LogP contribution in [0.4, 0.5) is 11.4 Å². The molecule has 0 saturated carbocycles. The zero-order valence-corrected chi connectivity index (χ0v) is 12.7. The number of nitrogens with one attached hydrogen (secondary N) is 1. The molecule has 0 fully saturated rings. The van der Waals surface area contributed by atoms with Gasteiger partial charge in [-0.15, -0.1) is 0 Å². The number of amides is 1. The molecule has 1 N–H and O–H groups in total. The SMILES string of the molecule is Cc1cccc(C(=O)Nc2ccc(I)cc2)c1[N+](=O)[O-]. The summed E-state index contributed by atoms with van der Waals surface area (Å²) in [7, 11) is 0. The van der Waals surface area contributed by atoms with Crippen LogP contribution in [0.3, 0.4) is 0 Å².